The van der Waals surface area contributed by atoms with Gasteiger partial charge in [-0.25, -0.2) is 0 Å². The Morgan fingerprint density at radius 3 is 2.33 bits per heavy atom. The zero-order valence-corrected chi connectivity index (χ0v) is 19.5. The van der Waals surface area contributed by atoms with Crippen LogP contribution in [-0.4, -0.2) is 20.2 Å². The smallest absolute Gasteiger partial charge is 0.258 e. The third kappa shape index (κ3) is 4.19. The van der Waals surface area contributed by atoms with Crippen molar-refractivity contribution < 1.29 is 8.94 Å². The quantitative estimate of drug-likeness (QED) is 0.380. The van der Waals surface area contributed by atoms with E-state index in [1.807, 2.05) is 48.2 Å². The van der Waals surface area contributed by atoms with Crippen molar-refractivity contribution >= 4 is 22.9 Å². The van der Waals surface area contributed by atoms with Crippen LogP contribution in [0.15, 0.2) is 81.6 Å². The fourth-order valence-electron chi connectivity index (χ4n) is 3.97. The Kier molecular flexibility index (Phi) is 5.56. The molecule has 4 aromatic rings. The third-order valence-corrected chi connectivity index (χ3v) is 6.21. The van der Waals surface area contributed by atoms with Crippen molar-refractivity contribution in [3.05, 3.63) is 101 Å². The predicted molar refractivity (Wildman–Crippen MR) is 131 cm³/mol. The SMILES string of the molecule is CC1=C(c2nc(-c3ccc(C)cc3)no2)C(c2ccc(C)cc2)NC(=S)N1Cc1ccco1. The fraction of sp³-hybridized carbons (Fsp3) is 0.192. The summed E-state index contributed by atoms with van der Waals surface area (Å²) in [5.41, 5.74) is 6.19. The van der Waals surface area contributed by atoms with Crippen LogP contribution in [0.2, 0.25) is 0 Å². The lowest BCUT2D eigenvalue weighted by Crippen LogP contribution is -2.45. The minimum atomic E-state index is -0.211. The summed E-state index contributed by atoms with van der Waals surface area (Å²) >= 11 is 5.75. The van der Waals surface area contributed by atoms with E-state index in [4.69, 9.17) is 26.1 Å². The number of aromatic nitrogens is 2. The summed E-state index contributed by atoms with van der Waals surface area (Å²) in [6.07, 6.45) is 1.66. The number of furan rings is 1. The average molecular weight is 457 g/mol. The van der Waals surface area contributed by atoms with Crippen molar-refractivity contribution in [1.29, 1.82) is 0 Å². The van der Waals surface area contributed by atoms with Crippen LogP contribution in [0.4, 0.5) is 0 Å². The maximum atomic E-state index is 5.80. The van der Waals surface area contributed by atoms with Gasteiger partial charge in [-0.2, -0.15) is 4.98 Å². The molecule has 1 aliphatic rings. The highest BCUT2D eigenvalue weighted by Gasteiger charge is 2.34. The largest absolute Gasteiger partial charge is 0.467 e. The van der Waals surface area contributed by atoms with Crippen LogP contribution in [-0.2, 0) is 6.54 Å². The summed E-state index contributed by atoms with van der Waals surface area (Å²) in [4.78, 5) is 6.77. The average Bonchev–Trinajstić information content (AvgIpc) is 3.50. The maximum absolute atomic E-state index is 5.80. The van der Waals surface area contributed by atoms with Gasteiger partial charge < -0.3 is 19.2 Å². The van der Waals surface area contributed by atoms with Gasteiger partial charge in [0.1, 0.15) is 5.76 Å². The number of aryl methyl sites for hydroxylation is 2. The highest BCUT2D eigenvalue weighted by Crippen LogP contribution is 2.38. The van der Waals surface area contributed by atoms with E-state index < -0.39 is 0 Å². The van der Waals surface area contributed by atoms with E-state index >= 15 is 0 Å². The second-order valence-electron chi connectivity index (χ2n) is 8.25. The molecule has 0 radical (unpaired) electrons. The second kappa shape index (κ2) is 8.67. The van der Waals surface area contributed by atoms with Gasteiger partial charge in [0, 0.05) is 11.3 Å². The molecule has 1 aliphatic heterocycles. The van der Waals surface area contributed by atoms with Crippen LogP contribution >= 0.6 is 12.2 Å². The molecule has 2 aromatic heterocycles. The number of rotatable bonds is 5. The Hall–Kier alpha value is -3.71. The zero-order valence-electron chi connectivity index (χ0n) is 18.7. The normalized spacial score (nSPS) is 16.3. The van der Waals surface area contributed by atoms with E-state index in [9.17, 15) is 0 Å². The summed E-state index contributed by atoms with van der Waals surface area (Å²) < 4.78 is 11.4. The molecule has 3 heterocycles. The van der Waals surface area contributed by atoms with E-state index in [0.29, 0.717) is 23.4 Å². The molecule has 166 valence electrons. The van der Waals surface area contributed by atoms with E-state index in [-0.39, 0.29) is 6.04 Å². The molecule has 2 aromatic carbocycles. The highest BCUT2D eigenvalue weighted by atomic mass is 32.1. The van der Waals surface area contributed by atoms with Crippen molar-refractivity contribution in [3.63, 3.8) is 0 Å². The molecule has 0 amide bonds. The summed E-state index contributed by atoms with van der Waals surface area (Å²) in [7, 11) is 0. The Bertz CT molecular complexity index is 1310. The Balaban J connectivity index is 1.59. The number of hydrogen-bond donors (Lipinski definition) is 1. The molecule has 1 unspecified atom stereocenters. The minimum Gasteiger partial charge on any atom is -0.467 e. The lowest BCUT2D eigenvalue weighted by molar-refractivity contribution is 0.382. The van der Waals surface area contributed by atoms with Crippen molar-refractivity contribution in [1.82, 2.24) is 20.4 Å². The van der Waals surface area contributed by atoms with Crippen molar-refractivity contribution in [2.45, 2.75) is 33.4 Å². The molecule has 0 spiro atoms. The molecule has 0 aliphatic carbocycles. The molecule has 0 bridgehead atoms. The van der Waals surface area contributed by atoms with Crippen LogP contribution in [0.5, 0.6) is 0 Å². The van der Waals surface area contributed by atoms with Crippen LogP contribution in [0.3, 0.4) is 0 Å². The lowest BCUT2D eigenvalue weighted by Gasteiger charge is -2.37. The van der Waals surface area contributed by atoms with Gasteiger partial charge in [0.25, 0.3) is 5.89 Å². The van der Waals surface area contributed by atoms with E-state index in [1.54, 1.807) is 6.26 Å². The van der Waals surface area contributed by atoms with Crippen molar-refractivity contribution in [3.8, 4) is 11.4 Å². The predicted octanol–water partition coefficient (Wildman–Crippen LogP) is 5.81. The van der Waals surface area contributed by atoms with Gasteiger partial charge in [-0.3, -0.25) is 0 Å². The molecule has 1 N–H and O–H groups in total. The van der Waals surface area contributed by atoms with Gasteiger partial charge in [-0.1, -0.05) is 64.8 Å². The molecular formula is C26H24N4O2S. The first-order valence-corrected chi connectivity index (χ1v) is 11.2. The first-order chi connectivity index (χ1) is 16.0. The molecule has 0 saturated heterocycles. The number of hydrogen-bond acceptors (Lipinski definition) is 5. The Morgan fingerprint density at radius 2 is 1.67 bits per heavy atom. The van der Waals surface area contributed by atoms with Crippen LogP contribution < -0.4 is 5.32 Å². The summed E-state index contributed by atoms with van der Waals surface area (Å²) in [6, 6.07) is 20.1. The van der Waals surface area contributed by atoms with E-state index in [0.717, 1.165) is 28.2 Å². The number of nitrogens with one attached hydrogen (secondary N) is 1. The summed E-state index contributed by atoms with van der Waals surface area (Å²) in [5, 5.41) is 8.37. The number of nitrogens with zero attached hydrogens (tertiary/aromatic N) is 3. The van der Waals surface area contributed by atoms with Gasteiger partial charge in [0.05, 0.1) is 24.4 Å². The first kappa shape index (κ1) is 21.2. The zero-order chi connectivity index (χ0) is 22.9. The molecular weight excluding hydrogens is 432 g/mol. The monoisotopic (exact) mass is 456 g/mol. The molecule has 6 nitrogen and oxygen atoms in total. The highest BCUT2D eigenvalue weighted by molar-refractivity contribution is 7.80. The summed E-state index contributed by atoms with van der Waals surface area (Å²) in [6.45, 7) is 6.66. The molecule has 5 rings (SSSR count). The maximum Gasteiger partial charge on any atom is 0.258 e. The first-order valence-electron chi connectivity index (χ1n) is 10.8. The van der Waals surface area contributed by atoms with Crippen LogP contribution in [0.25, 0.3) is 17.0 Å². The van der Waals surface area contributed by atoms with Gasteiger partial charge in [-0.15, -0.1) is 0 Å². The summed E-state index contributed by atoms with van der Waals surface area (Å²) in [5.74, 6) is 1.84. The standard InChI is InChI=1S/C26H24N4O2S/c1-16-6-10-19(11-7-16)23-22(18(3)30(26(33)27-23)15-21-5-4-14-31-21)25-28-24(29-32-25)20-12-8-17(2)9-13-20/h4-14,23H,15H2,1-3H3,(H,27,33). The minimum absolute atomic E-state index is 0.211. The number of thiocarbonyl (C=S) groups is 1. The fourth-order valence-corrected chi connectivity index (χ4v) is 4.29. The third-order valence-electron chi connectivity index (χ3n) is 5.87. The molecule has 1 atom stereocenters. The van der Waals surface area contributed by atoms with Gasteiger partial charge in [0.15, 0.2) is 5.11 Å². The van der Waals surface area contributed by atoms with E-state index in [2.05, 4.69) is 48.6 Å². The molecule has 0 fully saturated rings. The number of allylic oxidation sites excluding steroid dienone is 1. The Morgan fingerprint density at radius 1 is 0.970 bits per heavy atom. The van der Waals surface area contributed by atoms with Gasteiger partial charge >= 0.3 is 0 Å². The molecule has 33 heavy (non-hydrogen) atoms. The number of benzene rings is 2. The van der Waals surface area contributed by atoms with Crippen molar-refractivity contribution in [2.75, 3.05) is 0 Å². The van der Waals surface area contributed by atoms with E-state index in [1.165, 1.54) is 11.1 Å². The molecule has 0 saturated carbocycles. The van der Waals surface area contributed by atoms with Crippen molar-refractivity contribution in [2.24, 2.45) is 0 Å². The van der Waals surface area contributed by atoms with Crippen LogP contribution in [0.1, 0.15) is 41.3 Å². The van der Waals surface area contributed by atoms with Gasteiger partial charge in [-0.05, 0) is 50.7 Å². The topological polar surface area (TPSA) is 67.3 Å². The Labute approximate surface area is 197 Å². The lowest BCUT2D eigenvalue weighted by atomic mass is 9.94. The molecule has 7 heteroatoms. The van der Waals surface area contributed by atoms with Gasteiger partial charge in [0.2, 0.25) is 5.82 Å². The van der Waals surface area contributed by atoms with Crippen LogP contribution in [0, 0.1) is 13.8 Å². The second-order valence-corrected chi connectivity index (χ2v) is 8.63.